The molecule has 0 saturated carbocycles. The van der Waals surface area contributed by atoms with Crippen LogP contribution in [-0.4, -0.2) is 35.7 Å². The number of halogens is 1. The first-order chi connectivity index (χ1) is 14.3. The van der Waals surface area contributed by atoms with E-state index in [1.54, 1.807) is 25.1 Å². The summed E-state index contributed by atoms with van der Waals surface area (Å²) in [5, 5.41) is 5.27. The minimum absolute atomic E-state index is 0.166. The van der Waals surface area contributed by atoms with Gasteiger partial charge in [0.15, 0.2) is 0 Å². The average molecular weight is 413 g/mol. The Kier molecular flexibility index (Phi) is 8.53. The molecular formula is C23H28FN3O3. The highest BCUT2D eigenvalue weighted by molar-refractivity contribution is 5.95. The summed E-state index contributed by atoms with van der Waals surface area (Å²) in [5.41, 5.74) is 2.38. The summed E-state index contributed by atoms with van der Waals surface area (Å²) >= 11 is 0. The monoisotopic (exact) mass is 413 g/mol. The standard InChI is InChI=1S/C23H28FN3O3/c1-4-17(3)23(30)27(14-18-8-10-19(24)11-9-18)15-22(29)25-13-21(28)26-20-7-5-6-16(2)12-20/h5-12,17H,4,13-15H2,1-3H3,(H,25,29)(H,26,28)/t17-/m1/s1. The van der Waals surface area contributed by atoms with Crippen LogP contribution in [0.25, 0.3) is 0 Å². The van der Waals surface area contributed by atoms with E-state index in [0.717, 1.165) is 11.1 Å². The maximum atomic E-state index is 13.1. The first kappa shape index (κ1) is 23.1. The Morgan fingerprint density at radius 2 is 1.77 bits per heavy atom. The molecule has 160 valence electrons. The molecule has 30 heavy (non-hydrogen) atoms. The number of carbonyl (C=O) groups excluding carboxylic acids is 3. The number of hydrogen-bond acceptors (Lipinski definition) is 3. The first-order valence-electron chi connectivity index (χ1n) is 9.95. The maximum absolute atomic E-state index is 13.1. The lowest BCUT2D eigenvalue weighted by molar-refractivity contribution is -0.139. The fourth-order valence-electron chi connectivity index (χ4n) is 2.84. The molecule has 0 aliphatic rings. The fraction of sp³-hybridized carbons (Fsp3) is 0.348. The van der Waals surface area contributed by atoms with E-state index in [1.807, 2.05) is 32.0 Å². The number of rotatable bonds is 9. The van der Waals surface area contributed by atoms with Crippen LogP contribution in [0.1, 0.15) is 31.4 Å². The summed E-state index contributed by atoms with van der Waals surface area (Å²) in [7, 11) is 0. The Labute approximate surface area is 176 Å². The molecule has 0 radical (unpaired) electrons. The number of nitrogens with one attached hydrogen (secondary N) is 2. The van der Waals surface area contributed by atoms with Crippen molar-refractivity contribution in [3.05, 3.63) is 65.5 Å². The van der Waals surface area contributed by atoms with Gasteiger partial charge in [-0.25, -0.2) is 4.39 Å². The van der Waals surface area contributed by atoms with Gasteiger partial charge in [0.2, 0.25) is 17.7 Å². The van der Waals surface area contributed by atoms with E-state index in [4.69, 9.17) is 0 Å². The quantitative estimate of drug-likeness (QED) is 0.662. The van der Waals surface area contributed by atoms with Gasteiger partial charge in [-0.3, -0.25) is 14.4 Å². The van der Waals surface area contributed by atoms with E-state index in [-0.39, 0.29) is 43.2 Å². The molecule has 0 bridgehead atoms. The Hall–Kier alpha value is -3.22. The van der Waals surface area contributed by atoms with E-state index in [9.17, 15) is 18.8 Å². The first-order valence-corrected chi connectivity index (χ1v) is 9.95. The zero-order valence-electron chi connectivity index (χ0n) is 17.6. The second-order valence-corrected chi connectivity index (χ2v) is 7.32. The van der Waals surface area contributed by atoms with Crippen molar-refractivity contribution in [2.45, 2.75) is 33.7 Å². The molecule has 7 heteroatoms. The summed E-state index contributed by atoms with van der Waals surface area (Å²) in [5.74, 6) is -1.57. The smallest absolute Gasteiger partial charge is 0.243 e. The SMILES string of the molecule is CC[C@@H](C)C(=O)N(CC(=O)NCC(=O)Nc1cccc(C)c1)Cc1ccc(F)cc1. The molecule has 2 aromatic carbocycles. The van der Waals surface area contributed by atoms with Gasteiger partial charge >= 0.3 is 0 Å². The van der Waals surface area contributed by atoms with Crippen molar-refractivity contribution in [3.63, 3.8) is 0 Å². The molecule has 0 aliphatic heterocycles. The van der Waals surface area contributed by atoms with Crippen molar-refractivity contribution >= 4 is 23.4 Å². The molecule has 0 spiro atoms. The molecule has 2 N–H and O–H groups in total. The maximum Gasteiger partial charge on any atom is 0.243 e. The van der Waals surface area contributed by atoms with Crippen molar-refractivity contribution in [2.75, 3.05) is 18.4 Å². The zero-order chi connectivity index (χ0) is 22.1. The molecule has 1 atom stereocenters. The van der Waals surface area contributed by atoms with Crippen LogP contribution in [0.3, 0.4) is 0 Å². The minimum Gasteiger partial charge on any atom is -0.345 e. The minimum atomic E-state index is -0.437. The molecule has 2 aromatic rings. The van der Waals surface area contributed by atoms with E-state index >= 15 is 0 Å². The summed E-state index contributed by atoms with van der Waals surface area (Å²) < 4.78 is 13.1. The van der Waals surface area contributed by atoms with Crippen LogP contribution in [0, 0.1) is 18.7 Å². The summed E-state index contributed by atoms with van der Waals surface area (Å²) in [4.78, 5) is 38.6. The second-order valence-electron chi connectivity index (χ2n) is 7.32. The molecule has 0 aromatic heterocycles. The van der Waals surface area contributed by atoms with E-state index in [2.05, 4.69) is 10.6 Å². The van der Waals surface area contributed by atoms with E-state index in [1.165, 1.54) is 17.0 Å². The highest BCUT2D eigenvalue weighted by Crippen LogP contribution is 2.12. The molecule has 2 rings (SSSR count). The van der Waals surface area contributed by atoms with Gasteiger partial charge in [-0.05, 0) is 48.7 Å². The third-order valence-corrected chi connectivity index (χ3v) is 4.71. The van der Waals surface area contributed by atoms with Gasteiger partial charge in [0.1, 0.15) is 5.82 Å². The average Bonchev–Trinajstić information content (AvgIpc) is 2.72. The topological polar surface area (TPSA) is 78.5 Å². The van der Waals surface area contributed by atoms with Crippen LogP contribution in [0.5, 0.6) is 0 Å². The van der Waals surface area contributed by atoms with Gasteiger partial charge in [0.05, 0.1) is 13.1 Å². The van der Waals surface area contributed by atoms with E-state index < -0.39 is 5.91 Å². The van der Waals surface area contributed by atoms with Crippen molar-refractivity contribution in [1.82, 2.24) is 10.2 Å². The second kappa shape index (κ2) is 11.1. The lowest BCUT2D eigenvalue weighted by Gasteiger charge is -2.25. The lowest BCUT2D eigenvalue weighted by Crippen LogP contribution is -2.44. The van der Waals surface area contributed by atoms with Crippen LogP contribution >= 0.6 is 0 Å². The van der Waals surface area contributed by atoms with Crippen LogP contribution < -0.4 is 10.6 Å². The van der Waals surface area contributed by atoms with Crippen molar-refractivity contribution in [2.24, 2.45) is 5.92 Å². The van der Waals surface area contributed by atoms with Crippen LogP contribution in [0.2, 0.25) is 0 Å². The largest absolute Gasteiger partial charge is 0.345 e. The van der Waals surface area contributed by atoms with Gasteiger partial charge in [0, 0.05) is 18.2 Å². The number of carbonyl (C=O) groups is 3. The number of hydrogen-bond donors (Lipinski definition) is 2. The van der Waals surface area contributed by atoms with Gasteiger partial charge in [0.25, 0.3) is 0 Å². The predicted octanol–water partition coefficient (Wildman–Crippen LogP) is 3.26. The Morgan fingerprint density at radius 1 is 1.07 bits per heavy atom. The van der Waals surface area contributed by atoms with E-state index in [0.29, 0.717) is 12.1 Å². The Bertz CT molecular complexity index is 884. The number of nitrogens with zero attached hydrogens (tertiary/aromatic N) is 1. The summed E-state index contributed by atoms with van der Waals surface area (Å²) in [6, 6.07) is 13.1. The Balaban J connectivity index is 1.94. The van der Waals surface area contributed by atoms with Crippen LogP contribution in [0.15, 0.2) is 48.5 Å². The molecule has 0 saturated heterocycles. The van der Waals surface area contributed by atoms with Crippen molar-refractivity contribution in [1.29, 1.82) is 0 Å². The number of amides is 3. The van der Waals surface area contributed by atoms with Crippen molar-refractivity contribution in [3.8, 4) is 0 Å². The number of anilines is 1. The fourth-order valence-corrected chi connectivity index (χ4v) is 2.84. The van der Waals surface area contributed by atoms with Gasteiger partial charge < -0.3 is 15.5 Å². The Morgan fingerprint density at radius 3 is 2.40 bits per heavy atom. The van der Waals surface area contributed by atoms with Gasteiger partial charge in [-0.1, -0.05) is 38.1 Å². The molecular weight excluding hydrogens is 385 g/mol. The van der Waals surface area contributed by atoms with Crippen LogP contribution in [-0.2, 0) is 20.9 Å². The normalized spacial score (nSPS) is 11.5. The third kappa shape index (κ3) is 7.31. The van der Waals surface area contributed by atoms with Crippen LogP contribution in [0.4, 0.5) is 10.1 Å². The number of benzene rings is 2. The molecule has 0 unspecified atom stereocenters. The third-order valence-electron chi connectivity index (χ3n) is 4.71. The highest BCUT2D eigenvalue weighted by atomic mass is 19.1. The van der Waals surface area contributed by atoms with Crippen molar-refractivity contribution < 1.29 is 18.8 Å². The molecule has 3 amide bonds. The number of aryl methyl sites for hydroxylation is 1. The van der Waals surface area contributed by atoms with Gasteiger partial charge in [-0.2, -0.15) is 0 Å². The zero-order valence-corrected chi connectivity index (χ0v) is 17.6. The molecule has 6 nitrogen and oxygen atoms in total. The summed E-state index contributed by atoms with van der Waals surface area (Å²) in [6.45, 7) is 5.42. The molecule has 0 aliphatic carbocycles. The summed E-state index contributed by atoms with van der Waals surface area (Å²) in [6.07, 6.45) is 0.638. The predicted molar refractivity (Wildman–Crippen MR) is 114 cm³/mol. The van der Waals surface area contributed by atoms with Gasteiger partial charge in [-0.15, -0.1) is 0 Å². The highest BCUT2D eigenvalue weighted by Gasteiger charge is 2.22. The lowest BCUT2D eigenvalue weighted by atomic mass is 10.1. The molecule has 0 heterocycles. The molecule has 0 fully saturated rings.